The van der Waals surface area contributed by atoms with Crippen molar-refractivity contribution in [3.05, 3.63) is 17.7 Å². The Morgan fingerprint density at radius 2 is 2.35 bits per heavy atom. The summed E-state index contributed by atoms with van der Waals surface area (Å²) in [6.45, 7) is 1.79. The number of hydrogen-bond acceptors (Lipinski definition) is 4. The molecule has 1 N–H and O–H groups in total. The maximum atomic E-state index is 11.0. The van der Waals surface area contributed by atoms with Crippen molar-refractivity contribution in [3.8, 4) is 0 Å². The van der Waals surface area contributed by atoms with Gasteiger partial charge in [0.15, 0.2) is 5.65 Å². The first-order chi connectivity index (χ1) is 9.63. The lowest BCUT2D eigenvalue weighted by Crippen LogP contribution is -2.40. The molecular formula is C12H14ClN5O2. The Hall–Kier alpha value is -1.89. The van der Waals surface area contributed by atoms with Crippen LogP contribution in [-0.4, -0.2) is 48.9 Å². The second kappa shape index (κ2) is 5.24. The number of hydrogen-bond donors (Lipinski definition) is 1. The van der Waals surface area contributed by atoms with Crippen LogP contribution in [0.2, 0.25) is 5.28 Å². The van der Waals surface area contributed by atoms with Crippen molar-refractivity contribution in [2.45, 2.75) is 19.4 Å². The Kier molecular flexibility index (Phi) is 3.43. The van der Waals surface area contributed by atoms with Crippen LogP contribution < -0.4 is 0 Å². The molecular weight excluding hydrogens is 282 g/mol. The molecule has 1 amide bonds. The van der Waals surface area contributed by atoms with Crippen LogP contribution in [0.25, 0.3) is 11.0 Å². The second-order valence-electron chi connectivity index (χ2n) is 4.98. The largest absolute Gasteiger partial charge is 0.465 e. The Labute approximate surface area is 120 Å². The molecule has 20 heavy (non-hydrogen) atoms. The summed E-state index contributed by atoms with van der Waals surface area (Å²) < 4.78 is 1.78. The van der Waals surface area contributed by atoms with Crippen LogP contribution >= 0.6 is 11.6 Å². The molecule has 1 aliphatic rings. The second-order valence-corrected chi connectivity index (χ2v) is 5.32. The minimum Gasteiger partial charge on any atom is -0.465 e. The normalized spacial score (nSPS) is 19.4. The van der Waals surface area contributed by atoms with E-state index in [1.807, 2.05) is 0 Å². The van der Waals surface area contributed by atoms with E-state index in [-0.39, 0.29) is 11.2 Å². The highest BCUT2D eigenvalue weighted by Crippen LogP contribution is 2.20. The van der Waals surface area contributed by atoms with Gasteiger partial charge in [0.05, 0.1) is 11.6 Å². The van der Waals surface area contributed by atoms with Gasteiger partial charge in [0.1, 0.15) is 0 Å². The number of halogens is 1. The van der Waals surface area contributed by atoms with Gasteiger partial charge in [0.25, 0.3) is 0 Å². The zero-order valence-corrected chi connectivity index (χ0v) is 11.5. The fourth-order valence-corrected chi connectivity index (χ4v) is 2.74. The van der Waals surface area contributed by atoms with Gasteiger partial charge < -0.3 is 10.0 Å². The van der Waals surface area contributed by atoms with Crippen molar-refractivity contribution in [3.63, 3.8) is 0 Å². The standard InChI is InChI=1S/C12H14ClN5O2/c13-11-14-4-9-5-15-18(10(9)16-11)7-8-2-1-3-17(6-8)12(19)20/h4-5,8H,1-3,6-7H2,(H,19,20)/t8-/m0/s1. The monoisotopic (exact) mass is 295 g/mol. The Morgan fingerprint density at radius 1 is 1.50 bits per heavy atom. The van der Waals surface area contributed by atoms with Crippen LogP contribution in [0.4, 0.5) is 4.79 Å². The van der Waals surface area contributed by atoms with Gasteiger partial charge in [-0.2, -0.15) is 10.1 Å². The maximum Gasteiger partial charge on any atom is 0.407 e. The minimum atomic E-state index is -0.856. The molecule has 1 fully saturated rings. The highest BCUT2D eigenvalue weighted by atomic mass is 35.5. The highest BCUT2D eigenvalue weighted by Gasteiger charge is 2.24. The predicted molar refractivity (Wildman–Crippen MR) is 72.7 cm³/mol. The first-order valence-corrected chi connectivity index (χ1v) is 6.83. The first kappa shape index (κ1) is 13.1. The third kappa shape index (κ3) is 2.53. The summed E-state index contributed by atoms with van der Waals surface area (Å²) in [4.78, 5) is 20.6. The molecule has 0 radical (unpaired) electrons. The summed E-state index contributed by atoms with van der Waals surface area (Å²) in [5.74, 6) is 0.247. The fourth-order valence-electron chi connectivity index (χ4n) is 2.61. The molecule has 0 saturated carbocycles. The highest BCUT2D eigenvalue weighted by molar-refractivity contribution is 6.28. The molecule has 1 aliphatic heterocycles. The van der Waals surface area contributed by atoms with Crippen LogP contribution in [0, 0.1) is 5.92 Å². The van der Waals surface area contributed by atoms with E-state index < -0.39 is 6.09 Å². The lowest BCUT2D eigenvalue weighted by atomic mass is 9.98. The SMILES string of the molecule is O=C(O)N1CCC[C@H](Cn2ncc3cnc(Cl)nc32)C1. The Bertz CT molecular complexity index is 644. The average molecular weight is 296 g/mol. The smallest absolute Gasteiger partial charge is 0.407 e. The number of piperidine rings is 1. The van der Waals surface area contributed by atoms with Gasteiger partial charge in [-0.05, 0) is 30.4 Å². The minimum absolute atomic E-state index is 0.190. The van der Waals surface area contributed by atoms with E-state index >= 15 is 0 Å². The third-order valence-electron chi connectivity index (χ3n) is 3.57. The van der Waals surface area contributed by atoms with Crippen LogP contribution in [0.5, 0.6) is 0 Å². The van der Waals surface area contributed by atoms with Crippen molar-refractivity contribution in [2.75, 3.05) is 13.1 Å². The zero-order valence-electron chi connectivity index (χ0n) is 10.7. The van der Waals surface area contributed by atoms with E-state index in [2.05, 4.69) is 15.1 Å². The molecule has 0 unspecified atom stereocenters. The maximum absolute atomic E-state index is 11.0. The first-order valence-electron chi connectivity index (χ1n) is 6.45. The molecule has 2 aromatic heterocycles. The molecule has 1 saturated heterocycles. The zero-order chi connectivity index (χ0) is 14.1. The van der Waals surface area contributed by atoms with Crippen molar-refractivity contribution < 1.29 is 9.90 Å². The number of fused-ring (bicyclic) bond motifs is 1. The summed E-state index contributed by atoms with van der Waals surface area (Å²) in [5, 5.41) is 14.4. The van der Waals surface area contributed by atoms with Gasteiger partial charge in [0.2, 0.25) is 5.28 Å². The summed E-state index contributed by atoms with van der Waals surface area (Å²) in [6, 6.07) is 0. The number of amides is 1. The molecule has 0 aliphatic carbocycles. The van der Waals surface area contributed by atoms with E-state index in [0.29, 0.717) is 25.3 Å². The van der Waals surface area contributed by atoms with Crippen molar-refractivity contribution in [2.24, 2.45) is 5.92 Å². The molecule has 0 bridgehead atoms. The quantitative estimate of drug-likeness (QED) is 0.855. The lowest BCUT2D eigenvalue weighted by molar-refractivity contribution is 0.116. The van der Waals surface area contributed by atoms with E-state index in [9.17, 15) is 4.79 Å². The third-order valence-corrected chi connectivity index (χ3v) is 3.75. The molecule has 0 spiro atoms. The molecule has 1 atom stereocenters. The number of carbonyl (C=O) groups is 1. The molecule has 0 aromatic carbocycles. The van der Waals surface area contributed by atoms with Crippen molar-refractivity contribution in [1.82, 2.24) is 24.6 Å². The van der Waals surface area contributed by atoms with Crippen molar-refractivity contribution >= 4 is 28.7 Å². The van der Waals surface area contributed by atoms with Crippen LogP contribution in [0.3, 0.4) is 0 Å². The van der Waals surface area contributed by atoms with Gasteiger partial charge in [-0.1, -0.05) is 0 Å². The van der Waals surface area contributed by atoms with E-state index in [1.165, 1.54) is 4.90 Å². The average Bonchev–Trinajstić information content (AvgIpc) is 2.82. The van der Waals surface area contributed by atoms with Gasteiger partial charge in [0, 0.05) is 25.8 Å². The van der Waals surface area contributed by atoms with Gasteiger partial charge >= 0.3 is 6.09 Å². The van der Waals surface area contributed by atoms with E-state index in [1.54, 1.807) is 17.1 Å². The van der Waals surface area contributed by atoms with Crippen molar-refractivity contribution in [1.29, 1.82) is 0 Å². The van der Waals surface area contributed by atoms with E-state index in [4.69, 9.17) is 16.7 Å². The number of nitrogens with zero attached hydrogens (tertiary/aromatic N) is 5. The van der Waals surface area contributed by atoms with Crippen LogP contribution in [0.15, 0.2) is 12.4 Å². The summed E-state index contributed by atoms with van der Waals surface area (Å²) in [5.41, 5.74) is 0.692. The number of likely N-dealkylation sites (tertiary alicyclic amines) is 1. The number of rotatable bonds is 2. The summed E-state index contributed by atoms with van der Waals surface area (Å²) in [7, 11) is 0. The topological polar surface area (TPSA) is 84.1 Å². The number of carboxylic acid groups (broad SMARTS) is 1. The van der Waals surface area contributed by atoms with Gasteiger partial charge in [-0.25, -0.2) is 14.5 Å². The van der Waals surface area contributed by atoms with E-state index in [0.717, 1.165) is 18.2 Å². The van der Waals surface area contributed by atoms with Gasteiger partial charge in [-0.3, -0.25) is 0 Å². The lowest BCUT2D eigenvalue weighted by Gasteiger charge is -2.30. The number of aromatic nitrogens is 4. The van der Waals surface area contributed by atoms with Crippen LogP contribution in [0.1, 0.15) is 12.8 Å². The molecule has 7 nitrogen and oxygen atoms in total. The predicted octanol–water partition coefficient (Wildman–Crippen LogP) is 1.87. The Balaban J connectivity index is 1.79. The summed E-state index contributed by atoms with van der Waals surface area (Å²) >= 11 is 5.81. The molecule has 2 aromatic rings. The Morgan fingerprint density at radius 3 is 3.15 bits per heavy atom. The molecule has 8 heteroatoms. The fraction of sp³-hybridized carbons (Fsp3) is 0.500. The molecule has 106 valence electrons. The van der Waals surface area contributed by atoms with Crippen LogP contribution in [-0.2, 0) is 6.54 Å². The van der Waals surface area contributed by atoms with Gasteiger partial charge in [-0.15, -0.1) is 0 Å². The molecule has 3 rings (SSSR count). The summed E-state index contributed by atoms with van der Waals surface area (Å²) in [6.07, 6.45) is 4.35. The molecule has 3 heterocycles.